The lowest BCUT2D eigenvalue weighted by Crippen LogP contribution is -2.33. The van der Waals surface area contributed by atoms with Crippen LogP contribution in [0.3, 0.4) is 0 Å². The Balaban J connectivity index is 1.60. The number of fused-ring (bicyclic) bond motifs is 1. The highest BCUT2D eigenvalue weighted by Gasteiger charge is 2.15. The quantitative estimate of drug-likeness (QED) is 0.634. The molecule has 0 bridgehead atoms. The molecule has 2 heterocycles. The summed E-state index contributed by atoms with van der Waals surface area (Å²) in [5.74, 6) is 1.64. The molecule has 0 saturated heterocycles. The molecule has 0 spiro atoms. The van der Waals surface area contributed by atoms with E-state index in [4.69, 9.17) is 14.2 Å². The minimum absolute atomic E-state index is 0.398. The second-order valence-electron chi connectivity index (χ2n) is 7.83. The van der Waals surface area contributed by atoms with Gasteiger partial charge in [-0.05, 0) is 68.7 Å². The van der Waals surface area contributed by atoms with E-state index in [9.17, 15) is 4.79 Å². The number of benzene rings is 1. The molecule has 0 saturated carbocycles. The van der Waals surface area contributed by atoms with E-state index >= 15 is 0 Å². The van der Waals surface area contributed by atoms with Crippen molar-refractivity contribution >= 4 is 11.6 Å². The Kier molecular flexibility index (Phi) is 6.32. The van der Waals surface area contributed by atoms with E-state index in [0.29, 0.717) is 19.6 Å². The first-order valence-electron chi connectivity index (χ1n) is 9.66. The molecule has 0 aliphatic rings. The third kappa shape index (κ3) is 5.91. The van der Waals surface area contributed by atoms with E-state index in [1.807, 2.05) is 74.0 Å². The molecule has 0 aliphatic heterocycles. The van der Waals surface area contributed by atoms with Crippen molar-refractivity contribution in [2.45, 2.75) is 39.4 Å². The second-order valence-corrected chi connectivity index (χ2v) is 7.83. The summed E-state index contributed by atoms with van der Waals surface area (Å²) < 4.78 is 18.5. The Bertz CT molecular complexity index is 955. The van der Waals surface area contributed by atoms with Gasteiger partial charge < -0.3 is 23.9 Å². The molecule has 0 atom stereocenters. The molecule has 154 valence electrons. The van der Waals surface area contributed by atoms with Crippen LogP contribution in [-0.4, -0.2) is 29.7 Å². The number of methoxy groups -OCH3 is 1. The van der Waals surface area contributed by atoms with Crippen LogP contribution in [0.5, 0.6) is 11.5 Å². The average molecular weight is 396 g/mol. The molecule has 1 aromatic carbocycles. The van der Waals surface area contributed by atoms with Crippen molar-refractivity contribution in [3.8, 4) is 11.5 Å². The van der Waals surface area contributed by atoms with Crippen LogP contribution in [0.25, 0.3) is 5.52 Å². The van der Waals surface area contributed by atoms with Gasteiger partial charge in [0.1, 0.15) is 23.7 Å². The first-order valence-corrected chi connectivity index (χ1v) is 9.66. The minimum atomic E-state index is -0.495. The molecule has 29 heavy (non-hydrogen) atoms. The molecule has 0 fully saturated rings. The van der Waals surface area contributed by atoms with E-state index in [2.05, 4.69) is 11.4 Å². The van der Waals surface area contributed by atoms with Gasteiger partial charge in [-0.2, -0.15) is 0 Å². The van der Waals surface area contributed by atoms with Gasteiger partial charge in [0.15, 0.2) is 0 Å². The van der Waals surface area contributed by atoms with Crippen LogP contribution in [0.2, 0.25) is 0 Å². The van der Waals surface area contributed by atoms with Gasteiger partial charge in [-0.25, -0.2) is 4.79 Å². The lowest BCUT2D eigenvalue weighted by atomic mass is 10.2. The highest BCUT2D eigenvalue weighted by atomic mass is 16.6. The maximum atomic E-state index is 11.8. The van der Waals surface area contributed by atoms with Crippen LogP contribution in [0.4, 0.5) is 4.79 Å². The summed E-state index contributed by atoms with van der Waals surface area (Å²) in [6.07, 6.45) is 4.34. The Morgan fingerprint density at radius 2 is 1.86 bits per heavy atom. The summed E-state index contributed by atoms with van der Waals surface area (Å²) in [5, 5.41) is 2.79. The van der Waals surface area contributed by atoms with Crippen molar-refractivity contribution < 1.29 is 19.0 Å². The molecule has 1 N–H and O–H groups in total. The smallest absolute Gasteiger partial charge is 0.407 e. The largest absolute Gasteiger partial charge is 0.497 e. The van der Waals surface area contributed by atoms with Gasteiger partial charge in [0.05, 0.1) is 12.6 Å². The third-order valence-corrected chi connectivity index (χ3v) is 4.29. The highest BCUT2D eigenvalue weighted by Crippen LogP contribution is 2.24. The molecule has 3 aromatic rings. The summed E-state index contributed by atoms with van der Waals surface area (Å²) in [7, 11) is 1.65. The van der Waals surface area contributed by atoms with Gasteiger partial charge in [-0.1, -0.05) is 12.1 Å². The van der Waals surface area contributed by atoms with E-state index < -0.39 is 11.7 Å². The Morgan fingerprint density at radius 3 is 2.55 bits per heavy atom. The Labute approximate surface area is 171 Å². The maximum Gasteiger partial charge on any atom is 0.407 e. The van der Waals surface area contributed by atoms with Crippen LogP contribution in [0.1, 0.15) is 31.9 Å². The van der Waals surface area contributed by atoms with Crippen LogP contribution in [0, 0.1) is 0 Å². The molecular weight excluding hydrogens is 368 g/mol. The SMILES string of the molecule is COc1ccc(COc2cccn3cc(CCNC(=O)OC(C)(C)C)cc23)cc1. The van der Waals surface area contributed by atoms with E-state index in [1.165, 1.54) is 0 Å². The molecule has 6 nitrogen and oxygen atoms in total. The number of hydrogen-bond donors (Lipinski definition) is 1. The van der Waals surface area contributed by atoms with Crippen LogP contribution in [0.15, 0.2) is 54.9 Å². The second kappa shape index (κ2) is 8.90. The minimum Gasteiger partial charge on any atom is -0.497 e. The predicted molar refractivity (Wildman–Crippen MR) is 113 cm³/mol. The number of aromatic nitrogens is 1. The van der Waals surface area contributed by atoms with Crippen molar-refractivity contribution in [1.82, 2.24) is 9.72 Å². The molecule has 1 amide bonds. The molecule has 0 radical (unpaired) electrons. The number of alkyl carbamates (subject to hydrolysis) is 1. The number of nitrogens with one attached hydrogen (secondary N) is 1. The fourth-order valence-corrected chi connectivity index (χ4v) is 2.93. The fraction of sp³-hybridized carbons (Fsp3) is 0.348. The topological polar surface area (TPSA) is 61.2 Å². The zero-order valence-electron chi connectivity index (χ0n) is 17.4. The Morgan fingerprint density at radius 1 is 1.10 bits per heavy atom. The standard InChI is InChI=1S/C23H28N2O4/c1-23(2,3)29-22(26)24-12-11-18-14-20-21(6-5-13-25(20)15-18)28-16-17-7-9-19(27-4)10-8-17/h5-10,13-15H,11-12,16H2,1-4H3,(H,24,26). The fourth-order valence-electron chi connectivity index (χ4n) is 2.93. The molecule has 6 heteroatoms. The van der Waals surface area contributed by atoms with Gasteiger partial charge in [0.25, 0.3) is 0 Å². The lowest BCUT2D eigenvalue weighted by Gasteiger charge is -2.19. The first kappa shape index (κ1) is 20.6. The molecule has 0 aliphatic carbocycles. The normalized spacial score (nSPS) is 11.3. The number of rotatable bonds is 7. The van der Waals surface area contributed by atoms with Crippen molar-refractivity contribution in [3.05, 3.63) is 66.0 Å². The van der Waals surface area contributed by atoms with Gasteiger partial charge in [0, 0.05) is 18.9 Å². The number of carbonyl (C=O) groups excluding carboxylic acids is 1. The summed E-state index contributed by atoms with van der Waals surface area (Å²) in [5.41, 5.74) is 2.68. The average Bonchev–Trinajstić information content (AvgIpc) is 3.08. The van der Waals surface area contributed by atoms with Crippen LogP contribution < -0.4 is 14.8 Å². The molecule has 0 unspecified atom stereocenters. The van der Waals surface area contributed by atoms with Gasteiger partial charge in [-0.15, -0.1) is 0 Å². The van der Waals surface area contributed by atoms with Gasteiger partial charge in [0.2, 0.25) is 0 Å². The van der Waals surface area contributed by atoms with Gasteiger partial charge >= 0.3 is 6.09 Å². The van der Waals surface area contributed by atoms with E-state index in [0.717, 1.165) is 28.1 Å². The number of carbonyl (C=O) groups is 1. The van der Waals surface area contributed by atoms with E-state index in [1.54, 1.807) is 7.11 Å². The lowest BCUT2D eigenvalue weighted by molar-refractivity contribution is 0.0528. The summed E-state index contributed by atoms with van der Waals surface area (Å²) >= 11 is 0. The zero-order chi connectivity index (χ0) is 20.9. The first-order chi connectivity index (χ1) is 13.8. The molecule has 3 rings (SSSR count). The predicted octanol–water partition coefficient (Wildman–Crippen LogP) is 4.59. The number of hydrogen-bond acceptors (Lipinski definition) is 4. The number of amides is 1. The number of nitrogens with zero attached hydrogens (tertiary/aromatic N) is 1. The van der Waals surface area contributed by atoms with Crippen molar-refractivity contribution in [2.75, 3.05) is 13.7 Å². The number of pyridine rings is 1. The Hall–Kier alpha value is -3.15. The van der Waals surface area contributed by atoms with Crippen molar-refractivity contribution in [1.29, 1.82) is 0 Å². The molecule has 2 aromatic heterocycles. The monoisotopic (exact) mass is 396 g/mol. The van der Waals surface area contributed by atoms with Crippen molar-refractivity contribution in [2.24, 2.45) is 0 Å². The summed E-state index contributed by atoms with van der Waals surface area (Å²) in [6, 6.07) is 13.8. The van der Waals surface area contributed by atoms with Crippen LogP contribution >= 0.6 is 0 Å². The van der Waals surface area contributed by atoms with Crippen LogP contribution in [-0.2, 0) is 17.8 Å². The summed E-state index contributed by atoms with van der Waals surface area (Å²) in [6.45, 7) is 6.53. The van der Waals surface area contributed by atoms with Crippen molar-refractivity contribution in [3.63, 3.8) is 0 Å². The highest BCUT2D eigenvalue weighted by molar-refractivity contribution is 5.67. The summed E-state index contributed by atoms with van der Waals surface area (Å²) in [4.78, 5) is 11.8. The van der Waals surface area contributed by atoms with E-state index in [-0.39, 0.29) is 0 Å². The van der Waals surface area contributed by atoms with Gasteiger partial charge in [-0.3, -0.25) is 0 Å². The third-order valence-electron chi connectivity index (χ3n) is 4.29. The zero-order valence-corrected chi connectivity index (χ0v) is 17.4. The maximum absolute atomic E-state index is 11.8. The number of ether oxygens (including phenoxy) is 3. The molecular formula is C23H28N2O4.